The maximum Gasteiger partial charge on any atom is 0.0587 e. The lowest BCUT2D eigenvalue weighted by atomic mass is 10.0. The van der Waals surface area contributed by atoms with Gasteiger partial charge in [0, 0.05) is 12.5 Å². The summed E-state index contributed by atoms with van der Waals surface area (Å²) >= 11 is 0. The molecule has 61 valence electrons. The van der Waals surface area contributed by atoms with E-state index in [1.165, 1.54) is 0 Å². The zero-order valence-electron chi connectivity index (χ0n) is 6.58. The van der Waals surface area contributed by atoms with Gasteiger partial charge >= 0.3 is 0 Å². The zero-order valence-corrected chi connectivity index (χ0v) is 6.58. The van der Waals surface area contributed by atoms with Gasteiger partial charge in [0.15, 0.2) is 0 Å². The molecule has 0 saturated carbocycles. The minimum Gasteiger partial charge on any atom is -0.396 e. The molecule has 0 aliphatic carbocycles. The van der Waals surface area contributed by atoms with Crippen molar-refractivity contribution in [1.82, 2.24) is 0 Å². The van der Waals surface area contributed by atoms with Crippen molar-refractivity contribution in [2.75, 3.05) is 6.61 Å². The minimum absolute atomic E-state index is 0.00606. The lowest BCUT2D eigenvalue weighted by Crippen LogP contribution is -2.20. The van der Waals surface area contributed by atoms with E-state index in [1.807, 2.05) is 6.92 Å². The monoisotopic (exact) mass is 145 g/mol. The molecule has 0 amide bonds. The van der Waals surface area contributed by atoms with Gasteiger partial charge in [0.05, 0.1) is 6.10 Å². The SMILES string of the molecule is [CH2]CCCC(O)C(C)CO. The van der Waals surface area contributed by atoms with Crippen molar-refractivity contribution in [2.24, 2.45) is 5.92 Å². The number of hydrogen-bond donors (Lipinski definition) is 2. The van der Waals surface area contributed by atoms with Crippen LogP contribution in [0.2, 0.25) is 0 Å². The molecule has 2 unspecified atom stereocenters. The van der Waals surface area contributed by atoms with Crippen molar-refractivity contribution in [3.05, 3.63) is 6.92 Å². The lowest BCUT2D eigenvalue weighted by Gasteiger charge is -2.15. The molecule has 2 atom stereocenters. The van der Waals surface area contributed by atoms with E-state index in [0.717, 1.165) is 19.3 Å². The van der Waals surface area contributed by atoms with E-state index in [9.17, 15) is 5.11 Å². The van der Waals surface area contributed by atoms with Crippen LogP contribution < -0.4 is 0 Å². The second-order valence-electron chi connectivity index (χ2n) is 2.72. The first-order chi connectivity index (χ1) is 4.72. The van der Waals surface area contributed by atoms with Gasteiger partial charge in [0.2, 0.25) is 0 Å². The van der Waals surface area contributed by atoms with Crippen molar-refractivity contribution < 1.29 is 10.2 Å². The highest BCUT2D eigenvalue weighted by molar-refractivity contribution is 4.63. The molecular weight excluding hydrogens is 128 g/mol. The van der Waals surface area contributed by atoms with Crippen LogP contribution in [0.5, 0.6) is 0 Å². The Labute approximate surface area is 62.9 Å². The average molecular weight is 145 g/mol. The molecule has 2 N–H and O–H groups in total. The molecule has 0 fully saturated rings. The molecule has 0 bridgehead atoms. The molecule has 0 saturated heterocycles. The highest BCUT2D eigenvalue weighted by Gasteiger charge is 2.11. The van der Waals surface area contributed by atoms with Crippen molar-refractivity contribution in [3.8, 4) is 0 Å². The van der Waals surface area contributed by atoms with Gasteiger partial charge in [-0.3, -0.25) is 0 Å². The Bertz CT molecular complexity index is 73.7. The van der Waals surface area contributed by atoms with E-state index in [-0.39, 0.29) is 18.6 Å². The number of aliphatic hydroxyl groups excluding tert-OH is 2. The maximum absolute atomic E-state index is 9.26. The van der Waals surface area contributed by atoms with E-state index in [1.54, 1.807) is 0 Å². The summed E-state index contributed by atoms with van der Waals surface area (Å²) in [4.78, 5) is 0. The maximum atomic E-state index is 9.26. The summed E-state index contributed by atoms with van der Waals surface area (Å²) in [5.41, 5.74) is 0. The fraction of sp³-hybridized carbons (Fsp3) is 0.875. The lowest BCUT2D eigenvalue weighted by molar-refractivity contribution is 0.0692. The minimum atomic E-state index is -0.355. The fourth-order valence-electron chi connectivity index (χ4n) is 0.760. The van der Waals surface area contributed by atoms with Gasteiger partial charge < -0.3 is 10.2 Å². The zero-order chi connectivity index (χ0) is 7.98. The van der Waals surface area contributed by atoms with Crippen molar-refractivity contribution in [3.63, 3.8) is 0 Å². The normalized spacial score (nSPS) is 16.8. The summed E-state index contributed by atoms with van der Waals surface area (Å²) < 4.78 is 0. The van der Waals surface area contributed by atoms with Gasteiger partial charge in [0.1, 0.15) is 0 Å². The van der Waals surface area contributed by atoms with E-state index < -0.39 is 0 Å². The number of rotatable bonds is 5. The number of aliphatic hydroxyl groups is 2. The Morgan fingerprint density at radius 1 is 1.50 bits per heavy atom. The third-order valence-corrected chi connectivity index (χ3v) is 1.69. The Morgan fingerprint density at radius 2 is 2.10 bits per heavy atom. The molecule has 10 heavy (non-hydrogen) atoms. The van der Waals surface area contributed by atoms with E-state index in [2.05, 4.69) is 6.92 Å². The quantitative estimate of drug-likeness (QED) is 0.605. The first kappa shape index (κ1) is 9.92. The molecule has 2 nitrogen and oxygen atoms in total. The highest BCUT2D eigenvalue weighted by Crippen LogP contribution is 2.08. The second kappa shape index (κ2) is 5.69. The predicted molar refractivity (Wildman–Crippen MR) is 41.5 cm³/mol. The summed E-state index contributed by atoms with van der Waals surface area (Å²) in [6, 6.07) is 0. The largest absolute Gasteiger partial charge is 0.396 e. The Morgan fingerprint density at radius 3 is 2.50 bits per heavy atom. The van der Waals surface area contributed by atoms with Crippen LogP contribution in [0.15, 0.2) is 0 Å². The molecule has 0 heterocycles. The molecule has 0 aromatic carbocycles. The summed E-state index contributed by atoms with van der Waals surface area (Å²) in [6.07, 6.45) is 2.19. The standard InChI is InChI=1S/C8H17O2/c1-3-4-5-8(10)7(2)6-9/h7-10H,1,3-6H2,2H3. The van der Waals surface area contributed by atoms with Gasteiger partial charge in [-0.2, -0.15) is 0 Å². The number of hydrogen-bond acceptors (Lipinski definition) is 2. The van der Waals surface area contributed by atoms with Gasteiger partial charge in [-0.25, -0.2) is 0 Å². The Kier molecular flexibility index (Phi) is 5.64. The van der Waals surface area contributed by atoms with Crippen molar-refractivity contribution in [1.29, 1.82) is 0 Å². The highest BCUT2D eigenvalue weighted by atomic mass is 16.3. The van der Waals surface area contributed by atoms with E-state index in [0.29, 0.717) is 0 Å². The van der Waals surface area contributed by atoms with Gasteiger partial charge in [-0.15, -0.1) is 0 Å². The summed E-state index contributed by atoms with van der Waals surface area (Å²) in [5, 5.41) is 17.9. The summed E-state index contributed by atoms with van der Waals surface area (Å²) in [5.74, 6) is 0.00606. The smallest absolute Gasteiger partial charge is 0.0587 e. The molecule has 0 rings (SSSR count). The molecule has 0 aliphatic rings. The van der Waals surface area contributed by atoms with Crippen LogP contribution in [0.25, 0.3) is 0 Å². The predicted octanol–water partition coefficient (Wildman–Crippen LogP) is 0.980. The van der Waals surface area contributed by atoms with Crippen LogP contribution in [-0.4, -0.2) is 22.9 Å². The molecule has 0 aliphatic heterocycles. The van der Waals surface area contributed by atoms with Crippen LogP contribution >= 0.6 is 0 Å². The van der Waals surface area contributed by atoms with Gasteiger partial charge in [-0.05, 0) is 6.42 Å². The Hall–Kier alpha value is -0.0800. The molecule has 2 heteroatoms. The van der Waals surface area contributed by atoms with Crippen LogP contribution in [0.4, 0.5) is 0 Å². The van der Waals surface area contributed by atoms with E-state index >= 15 is 0 Å². The number of unbranched alkanes of at least 4 members (excludes halogenated alkanes) is 1. The van der Waals surface area contributed by atoms with E-state index in [4.69, 9.17) is 5.11 Å². The summed E-state index contributed by atoms with van der Waals surface area (Å²) in [6.45, 7) is 5.58. The van der Waals surface area contributed by atoms with Crippen LogP contribution in [0, 0.1) is 12.8 Å². The third-order valence-electron chi connectivity index (χ3n) is 1.69. The molecule has 0 aromatic heterocycles. The van der Waals surface area contributed by atoms with Gasteiger partial charge in [-0.1, -0.05) is 26.7 Å². The molecule has 0 aromatic rings. The van der Waals surface area contributed by atoms with Gasteiger partial charge in [0.25, 0.3) is 0 Å². The summed E-state index contributed by atoms with van der Waals surface area (Å²) in [7, 11) is 0. The van der Waals surface area contributed by atoms with Crippen LogP contribution in [0.3, 0.4) is 0 Å². The van der Waals surface area contributed by atoms with Crippen LogP contribution in [0.1, 0.15) is 26.2 Å². The first-order valence-corrected chi connectivity index (χ1v) is 3.80. The third kappa shape index (κ3) is 3.85. The van der Waals surface area contributed by atoms with Crippen molar-refractivity contribution in [2.45, 2.75) is 32.3 Å². The average Bonchev–Trinajstić information content (AvgIpc) is 1.98. The first-order valence-electron chi connectivity index (χ1n) is 3.80. The fourth-order valence-corrected chi connectivity index (χ4v) is 0.760. The van der Waals surface area contributed by atoms with Crippen molar-refractivity contribution >= 4 is 0 Å². The molecule has 0 spiro atoms. The topological polar surface area (TPSA) is 40.5 Å². The van der Waals surface area contributed by atoms with Crippen LogP contribution in [-0.2, 0) is 0 Å². The second-order valence-corrected chi connectivity index (χ2v) is 2.72. The molecular formula is C8H17O2. The molecule has 1 radical (unpaired) electrons. The Balaban J connectivity index is 3.31.